The van der Waals surface area contributed by atoms with Crippen molar-refractivity contribution < 1.29 is 4.74 Å². The first kappa shape index (κ1) is 16.4. The van der Waals surface area contributed by atoms with Gasteiger partial charge in [0, 0.05) is 5.56 Å². The molecule has 0 atom stereocenters. The second-order valence-electron chi connectivity index (χ2n) is 6.00. The lowest BCUT2D eigenvalue weighted by molar-refractivity contribution is 0.304. The van der Waals surface area contributed by atoms with E-state index in [2.05, 4.69) is 26.0 Å². The third-order valence-electron chi connectivity index (χ3n) is 4.24. The molecule has 7 heteroatoms. The molecule has 0 aliphatic heterocycles. The summed E-state index contributed by atoms with van der Waals surface area (Å²) in [4.78, 5) is 10.1. The number of benzene rings is 2. The van der Waals surface area contributed by atoms with Gasteiger partial charge in [-0.2, -0.15) is 0 Å². The van der Waals surface area contributed by atoms with Gasteiger partial charge in [-0.1, -0.05) is 36.4 Å². The maximum absolute atomic E-state index is 5.87. The number of hydrogen-bond acceptors (Lipinski definition) is 5. The van der Waals surface area contributed by atoms with Crippen LogP contribution in [0.1, 0.15) is 5.56 Å². The van der Waals surface area contributed by atoms with Crippen molar-refractivity contribution in [3.63, 3.8) is 0 Å². The van der Waals surface area contributed by atoms with Crippen LogP contribution in [-0.2, 0) is 6.61 Å². The number of halogens is 1. The van der Waals surface area contributed by atoms with Crippen LogP contribution in [0, 0.1) is 0 Å². The number of rotatable bonds is 4. The molecule has 0 N–H and O–H groups in total. The quantitative estimate of drug-likeness (QED) is 0.381. The average molecular weight is 437 g/mol. The molecule has 0 spiro atoms. The first-order valence-corrected chi connectivity index (χ1v) is 10.0. The molecule has 27 heavy (non-hydrogen) atoms. The molecule has 0 unspecified atom stereocenters. The van der Waals surface area contributed by atoms with Crippen LogP contribution in [0.5, 0.6) is 5.75 Å². The SMILES string of the molecule is Brc1ccccc1OCc1ccc(-c2nc3c4ccsc4ncn3n2)cc1. The fourth-order valence-electron chi connectivity index (χ4n) is 2.86. The molecule has 3 aromatic heterocycles. The summed E-state index contributed by atoms with van der Waals surface area (Å²) in [6, 6.07) is 18.0. The number of aromatic nitrogens is 4. The molecule has 0 aliphatic rings. The van der Waals surface area contributed by atoms with Crippen molar-refractivity contribution >= 4 is 43.1 Å². The second kappa shape index (κ2) is 6.75. The molecule has 0 fully saturated rings. The Balaban J connectivity index is 1.40. The maximum Gasteiger partial charge on any atom is 0.182 e. The molecule has 0 radical (unpaired) electrons. The summed E-state index contributed by atoms with van der Waals surface area (Å²) in [5.74, 6) is 1.52. The van der Waals surface area contributed by atoms with E-state index in [1.807, 2.05) is 60.0 Å². The number of fused-ring (bicyclic) bond motifs is 3. The number of nitrogens with zero attached hydrogens (tertiary/aromatic N) is 4. The van der Waals surface area contributed by atoms with Crippen LogP contribution in [-0.4, -0.2) is 19.6 Å². The van der Waals surface area contributed by atoms with Gasteiger partial charge in [0.05, 0.1) is 9.86 Å². The number of thiophene rings is 1. The third kappa shape index (κ3) is 3.09. The standard InChI is InChI=1S/C20H13BrN4OS/c21-16-3-1-2-4-17(16)26-11-13-5-7-14(8-6-13)18-23-19-15-9-10-27-20(15)22-12-25(19)24-18/h1-10,12H,11H2. The summed E-state index contributed by atoms with van der Waals surface area (Å²) in [5.41, 5.74) is 2.88. The Bertz CT molecular complexity index is 1250. The van der Waals surface area contributed by atoms with Gasteiger partial charge in [0.1, 0.15) is 23.5 Å². The summed E-state index contributed by atoms with van der Waals surface area (Å²) in [6.07, 6.45) is 1.71. The van der Waals surface area contributed by atoms with E-state index in [9.17, 15) is 0 Å². The van der Waals surface area contributed by atoms with Crippen molar-refractivity contribution in [3.8, 4) is 17.1 Å². The number of hydrogen-bond donors (Lipinski definition) is 0. The monoisotopic (exact) mass is 436 g/mol. The minimum absolute atomic E-state index is 0.501. The zero-order valence-corrected chi connectivity index (χ0v) is 16.4. The minimum atomic E-state index is 0.501. The average Bonchev–Trinajstić information content (AvgIpc) is 3.34. The number of para-hydroxylation sites is 1. The first-order valence-electron chi connectivity index (χ1n) is 8.33. The van der Waals surface area contributed by atoms with E-state index < -0.39 is 0 Å². The summed E-state index contributed by atoms with van der Waals surface area (Å²) in [6.45, 7) is 0.501. The maximum atomic E-state index is 5.87. The Morgan fingerprint density at radius 3 is 2.74 bits per heavy atom. The Kier molecular flexibility index (Phi) is 4.10. The summed E-state index contributed by atoms with van der Waals surface area (Å²) in [7, 11) is 0. The molecular weight excluding hydrogens is 424 g/mol. The van der Waals surface area contributed by atoms with E-state index in [1.54, 1.807) is 22.2 Å². The second-order valence-corrected chi connectivity index (χ2v) is 7.75. The molecule has 5 nitrogen and oxygen atoms in total. The lowest BCUT2D eigenvalue weighted by Crippen LogP contribution is -1.96. The molecule has 3 heterocycles. The molecule has 0 saturated heterocycles. The topological polar surface area (TPSA) is 52.3 Å². The summed E-state index contributed by atoms with van der Waals surface area (Å²) < 4.78 is 8.54. The molecule has 0 aliphatic carbocycles. The Hall–Kier alpha value is -2.77. The van der Waals surface area contributed by atoms with Gasteiger partial charge in [-0.25, -0.2) is 14.5 Å². The highest BCUT2D eigenvalue weighted by atomic mass is 79.9. The normalized spacial score (nSPS) is 11.3. The van der Waals surface area contributed by atoms with E-state index >= 15 is 0 Å². The Labute approximate surface area is 167 Å². The van der Waals surface area contributed by atoms with Crippen LogP contribution >= 0.6 is 27.3 Å². The van der Waals surface area contributed by atoms with Crippen molar-refractivity contribution in [2.75, 3.05) is 0 Å². The van der Waals surface area contributed by atoms with Crippen LogP contribution in [0.15, 0.2) is 70.8 Å². The predicted molar refractivity (Wildman–Crippen MR) is 110 cm³/mol. The highest BCUT2D eigenvalue weighted by molar-refractivity contribution is 9.10. The van der Waals surface area contributed by atoms with Gasteiger partial charge in [0.15, 0.2) is 11.5 Å². The highest BCUT2D eigenvalue weighted by Crippen LogP contribution is 2.26. The predicted octanol–water partition coefficient (Wildman–Crippen LogP) is 5.35. The molecule has 0 amide bonds. The highest BCUT2D eigenvalue weighted by Gasteiger charge is 2.11. The smallest absolute Gasteiger partial charge is 0.182 e. The zero-order valence-electron chi connectivity index (χ0n) is 14.0. The van der Waals surface area contributed by atoms with E-state index in [0.29, 0.717) is 12.4 Å². The summed E-state index contributed by atoms with van der Waals surface area (Å²) >= 11 is 5.10. The Morgan fingerprint density at radius 1 is 1.04 bits per heavy atom. The molecule has 2 aromatic carbocycles. The van der Waals surface area contributed by atoms with Gasteiger partial charge < -0.3 is 4.74 Å². The van der Waals surface area contributed by atoms with Gasteiger partial charge in [0.25, 0.3) is 0 Å². The van der Waals surface area contributed by atoms with Crippen LogP contribution < -0.4 is 4.74 Å². The molecule has 5 rings (SSSR count). The van der Waals surface area contributed by atoms with Crippen LogP contribution in [0.25, 0.3) is 27.3 Å². The van der Waals surface area contributed by atoms with E-state index in [4.69, 9.17) is 9.72 Å². The van der Waals surface area contributed by atoms with Crippen LogP contribution in [0.3, 0.4) is 0 Å². The summed E-state index contributed by atoms with van der Waals surface area (Å²) in [5, 5.41) is 7.61. The fourth-order valence-corrected chi connectivity index (χ4v) is 3.99. The Morgan fingerprint density at radius 2 is 1.89 bits per heavy atom. The van der Waals surface area contributed by atoms with Crippen molar-refractivity contribution in [1.29, 1.82) is 0 Å². The fraction of sp³-hybridized carbons (Fsp3) is 0.0500. The van der Waals surface area contributed by atoms with Crippen molar-refractivity contribution in [2.45, 2.75) is 6.61 Å². The third-order valence-corrected chi connectivity index (χ3v) is 5.72. The zero-order chi connectivity index (χ0) is 18.2. The van der Waals surface area contributed by atoms with Gasteiger partial charge in [-0.3, -0.25) is 0 Å². The van der Waals surface area contributed by atoms with Crippen molar-refractivity contribution in [3.05, 3.63) is 76.3 Å². The van der Waals surface area contributed by atoms with Crippen LogP contribution in [0.2, 0.25) is 0 Å². The lowest BCUT2D eigenvalue weighted by Gasteiger charge is -2.08. The van der Waals surface area contributed by atoms with E-state index in [-0.39, 0.29) is 0 Å². The molecular formula is C20H13BrN4OS. The number of ether oxygens (including phenoxy) is 1. The minimum Gasteiger partial charge on any atom is -0.488 e. The van der Waals surface area contributed by atoms with E-state index in [0.717, 1.165) is 37.2 Å². The largest absolute Gasteiger partial charge is 0.488 e. The first-order chi connectivity index (χ1) is 13.3. The van der Waals surface area contributed by atoms with Crippen molar-refractivity contribution in [2.24, 2.45) is 0 Å². The molecule has 5 aromatic rings. The van der Waals surface area contributed by atoms with Gasteiger partial charge in [-0.15, -0.1) is 16.4 Å². The molecule has 0 saturated carbocycles. The van der Waals surface area contributed by atoms with Gasteiger partial charge in [-0.05, 0) is 45.1 Å². The van der Waals surface area contributed by atoms with Gasteiger partial charge >= 0.3 is 0 Å². The lowest BCUT2D eigenvalue weighted by atomic mass is 10.1. The van der Waals surface area contributed by atoms with E-state index in [1.165, 1.54) is 0 Å². The van der Waals surface area contributed by atoms with Crippen molar-refractivity contribution in [1.82, 2.24) is 19.6 Å². The molecule has 0 bridgehead atoms. The van der Waals surface area contributed by atoms with Gasteiger partial charge in [0.2, 0.25) is 0 Å². The van der Waals surface area contributed by atoms with Crippen LogP contribution in [0.4, 0.5) is 0 Å². The molecule has 132 valence electrons.